The number of hydrogen-bond acceptors (Lipinski definition) is 8. The van der Waals surface area contributed by atoms with Gasteiger partial charge in [-0.2, -0.15) is 14.0 Å². The molecule has 2 fully saturated rings. The van der Waals surface area contributed by atoms with Crippen molar-refractivity contribution in [1.82, 2.24) is 20.2 Å². The van der Waals surface area contributed by atoms with Gasteiger partial charge in [0.2, 0.25) is 11.8 Å². The zero-order valence-corrected chi connectivity index (χ0v) is 25.7. The Hall–Kier alpha value is -3.88. The Morgan fingerprint density at radius 2 is 1.91 bits per heavy atom. The number of ether oxygens (including phenoxy) is 2. The number of carbonyl (C=O) groups is 3. The topological polar surface area (TPSA) is 135 Å². The van der Waals surface area contributed by atoms with Gasteiger partial charge >= 0.3 is 6.09 Å². The van der Waals surface area contributed by atoms with Crippen LogP contribution in [0, 0.1) is 28.6 Å². The van der Waals surface area contributed by atoms with E-state index in [1.165, 1.54) is 30.0 Å². The molecule has 236 valence electrons. The van der Waals surface area contributed by atoms with E-state index < -0.39 is 59.6 Å². The standard InChI is InChI=1S/C32H39F2N5O5/c1-6-20-24-16-39(25(20)17(2)40)29(41)27(31(3,4)5)38-30(42)44-23-14-19(23)9-7-8-12-32(33,34)26-28(43-24)37-22-13-18(15-35)10-11-21(22)36-26/h10-11,13,19-20,23-25,27H,6-9,12,14,16H2,1-5H3,(H,38,42)/t19-,20-,23-,24+,25-,27-/m1/s1. The molecule has 1 saturated heterocycles. The number of hydrogen-bond donors (Lipinski definition) is 1. The number of ketones is 1. The number of nitrogens with zero attached hydrogens (tertiary/aromatic N) is 4. The number of nitriles is 1. The van der Waals surface area contributed by atoms with Crippen LogP contribution in [0.3, 0.4) is 0 Å². The van der Waals surface area contributed by atoms with Crippen LogP contribution in [-0.4, -0.2) is 63.5 Å². The van der Waals surface area contributed by atoms with Crippen LogP contribution in [-0.2, 0) is 20.2 Å². The number of rotatable bonds is 2. The predicted octanol–water partition coefficient (Wildman–Crippen LogP) is 5.27. The van der Waals surface area contributed by atoms with Crippen molar-refractivity contribution >= 4 is 28.8 Å². The third kappa shape index (κ3) is 6.33. The molecule has 44 heavy (non-hydrogen) atoms. The lowest BCUT2D eigenvalue weighted by Crippen LogP contribution is -2.57. The molecule has 1 saturated carbocycles. The Bertz CT molecular complexity index is 1500. The maximum atomic E-state index is 15.9. The maximum absolute atomic E-state index is 15.9. The zero-order chi connectivity index (χ0) is 32.0. The molecule has 1 aromatic carbocycles. The quantitative estimate of drug-likeness (QED) is 0.486. The highest BCUT2D eigenvalue weighted by Gasteiger charge is 2.51. The van der Waals surface area contributed by atoms with Gasteiger partial charge in [0, 0.05) is 12.3 Å². The molecule has 0 unspecified atom stereocenters. The maximum Gasteiger partial charge on any atom is 0.408 e. The van der Waals surface area contributed by atoms with E-state index in [1.54, 1.807) is 20.8 Å². The molecule has 1 aromatic heterocycles. The Labute approximate surface area is 255 Å². The Balaban J connectivity index is 1.60. The van der Waals surface area contributed by atoms with Crippen molar-refractivity contribution in [2.45, 2.75) is 103 Å². The fourth-order valence-electron chi connectivity index (χ4n) is 6.45. The number of carbonyl (C=O) groups excluding carboxylic acids is 3. The van der Waals surface area contributed by atoms with Crippen LogP contribution in [0.4, 0.5) is 13.6 Å². The lowest BCUT2D eigenvalue weighted by atomic mass is 9.85. The molecule has 10 nitrogen and oxygen atoms in total. The molecule has 2 amide bonds. The highest BCUT2D eigenvalue weighted by Crippen LogP contribution is 2.43. The van der Waals surface area contributed by atoms with Crippen LogP contribution in [0.2, 0.25) is 0 Å². The molecule has 1 aliphatic carbocycles. The monoisotopic (exact) mass is 611 g/mol. The lowest BCUT2D eigenvalue weighted by molar-refractivity contribution is -0.141. The Morgan fingerprint density at radius 1 is 1.16 bits per heavy atom. The summed E-state index contributed by atoms with van der Waals surface area (Å²) in [6.07, 6.45) is -0.0398. The second-order valence-corrected chi connectivity index (χ2v) is 13.3. The van der Waals surface area contributed by atoms with Crippen LogP contribution >= 0.6 is 0 Å². The molecule has 1 N–H and O–H groups in total. The first-order valence-corrected chi connectivity index (χ1v) is 15.3. The minimum Gasteiger partial charge on any atom is -0.471 e. The van der Waals surface area contributed by atoms with Gasteiger partial charge in [-0.15, -0.1) is 0 Å². The summed E-state index contributed by atoms with van der Waals surface area (Å²) in [6.45, 7) is 8.55. The van der Waals surface area contributed by atoms with Crippen LogP contribution in [0.25, 0.3) is 11.0 Å². The smallest absolute Gasteiger partial charge is 0.408 e. The van der Waals surface area contributed by atoms with Gasteiger partial charge in [0.1, 0.15) is 18.2 Å². The molecular formula is C32H39F2N5O5. The summed E-state index contributed by atoms with van der Waals surface area (Å²) in [4.78, 5) is 50.2. The van der Waals surface area contributed by atoms with Crippen LogP contribution < -0.4 is 10.1 Å². The average Bonchev–Trinajstić information content (AvgIpc) is 3.58. The van der Waals surface area contributed by atoms with Gasteiger partial charge < -0.3 is 19.7 Å². The van der Waals surface area contributed by atoms with Crippen LogP contribution in [0.5, 0.6) is 5.88 Å². The number of alkyl carbamates (subject to hydrolysis) is 1. The number of amides is 2. The molecule has 2 aliphatic heterocycles. The molecule has 6 atom stereocenters. The van der Waals surface area contributed by atoms with E-state index in [0.29, 0.717) is 25.7 Å². The van der Waals surface area contributed by atoms with E-state index in [9.17, 15) is 19.6 Å². The van der Waals surface area contributed by atoms with Crippen molar-refractivity contribution in [3.8, 4) is 11.9 Å². The van der Waals surface area contributed by atoms with Crippen molar-refractivity contribution < 1.29 is 32.6 Å². The molecular weight excluding hydrogens is 572 g/mol. The van der Waals surface area contributed by atoms with Gasteiger partial charge in [-0.25, -0.2) is 14.8 Å². The average molecular weight is 612 g/mol. The Morgan fingerprint density at radius 3 is 2.57 bits per heavy atom. The zero-order valence-electron chi connectivity index (χ0n) is 25.7. The van der Waals surface area contributed by atoms with E-state index >= 15 is 8.78 Å². The minimum absolute atomic E-state index is 0.0671. The molecule has 2 aromatic rings. The first-order chi connectivity index (χ1) is 20.7. The molecule has 2 bridgehead atoms. The highest BCUT2D eigenvalue weighted by atomic mass is 19.3. The molecule has 12 heteroatoms. The number of halogens is 2. The van der Waals surface area contributed by atoms with Crippen molar-refractivity contribution in [2.24, 2.45) is 17.3 Å². The fourth-order valence-corrected chi connectivity index (χ4v) is 6.45. The van der Waals surface area contributed by atoms with Gasteiger partial charge in [0.25, 0.3) is 5.92 Å². The van der Waals surface area contributed by atoms with Crippen molar-refractivity contribution in [3.63, 3.8) is 0 Å². The van der Waals surface area contributed by atoms with E-state index in [-0.39, 0.29) is 53.2 Å². The van der Waals surface area contributed by atoms with Crippen molar-refractivity contribution in [2.75, 3.05) is 6.54 Å². The van der Waals surface area contributed by atoms with Gasteiger partial charge in [-0.05, 0) is 62.1 Å². The van der Waals surface area contributed by atoms with Gasteiger partial charge in [-0.1, -0.05) is 34.1 Å². The third-order valence-corrected chi connectivity index (χ3v) is 8.94. The molecule has 3 heterocycles. The lowest BCUT2D eigenvalue weighted by Gasteiger charge is -2.35. The molecule has 0 spiro atoms. The first kappa shape index (κ1) is 31.5. The number of nitrogens with one attached hydrogen (secondary N) is 1. The summed E-state index contributed by atoms with van der Waals surface area (Å²) in [7, 11) is 0. The van der Waals surface area contributed by atoms with Gasteiger partial charge in [0.05, 0.1) is 35.3 Å². The minimum atomic E-state index is -3.39. The van der Waals surface area contributed by atoms with E-state index in [4.69, 9.17) is 9.47 Å². The summed E-state index contributed by atoms with van der Waals surface area (Å²) >= 11 is 0. The summed E-state index contributed by atoms with van der Waals surface area (Å²) in [5.41, 5.74) is -0.636. The van der Waals surface area contributed by atoms with E-state index in [1.807, 2.05) is 13.0 Å². The summed E-state index contributed by atoms with van der Waals surface area (Å²) in [5, 5.41) is 12.1. The fraction of sp³-hybridized carbons (Fsp3) is 0.625. The van der Waals surface area contributed by atoms with Crippen molar-refractivity contribution in [1.29, 1.82) is 5.26 Å². The summed E-state index contributed by atoms with van der Waals surface area (Å²) in [6, 6.07) is 4.53. The van der Waals surface area contributed by atoms with Gasteiger partial charge in [-0.3, -0.25) is 9.59 Å². The van der Waals surface area contributed by atoms with E-state index in [0.717, 1.165) is 0 Å². The predicted molar refractivity (Wildman–Crippen MR) is 156 cm³/mol. The molecule has 0 radical (unpaired) electrons. The second-order valence-electron chi connectivity index (χ2n) is 13.3. The largest absolute Gasteiger partial charge is 0.471 e. The number of fused-ring (bicyclic) bond motifs is 5. The molecule has 3 aliphatic rings. The van der Waals surface area contributed by atoms with Crippen LogP contribution in [0.15, 0.2) is 18.2 Å². The number of benzene rings is 1. The van der Waals surface area contributed by atoms with E-state index in [2.05, 4.69) is 15.3 Å². The highest BCUT2D eigenvalue weighted by molar-refractivity contribution is 5.92. The molecule has 5 rings (SSSR count). The third-order valence-electron chi connectivity index (χ3n) is 8.94. The first-order valence-electron chi connectivity index (χ1n) is 15.3. The number of aromatic nitrogens is 2. The summed E-state index contributed by atoms with van der Waals surface area (Å²) < 4.78 is 43.6. The number of Topliss-reactive ketones (excluding diaryl/α,β-unsaturated/α-hetero) is 1. The van der Waals surface area contributed by atoms with Crippen molar-refractivity contribution in [3.05, 3.63) is 29.5 Å². The SMILES string of the molecule is CC[C@@H]1[C@@H]2CN(C(=O)[C@H](C(C)(C)C)NC(=O)O[C@@H]3C[C@H]3CCCCC(F)(F)c3nc4ccc(C#N)cc4nc3O2)[C@@H]1C(C)=O. The van der Waals surface area contributed by atoms with Crippen LogP contribution in [0.1, 0.15) is 84.4 Å². The normalized spacial score (nSPS) is 29.2. The second kappa shape index (κ2) is 11.9. The number of alkyl halides is 2. The Kier molecular flexibility index (Phi) is 8.53. The summed E-state index contributed by atoms with van der Waals surface area (Å²) in [5.74, 6) is -5.01. The van der Waals surface area contributed by atoms with Gasteiger partial charge in [0.15, 0.2) is 11.5 Å².